The van der Waals surface area contributed by atoms with E-state index in [2.05, 4.69) is 20.6 Å². The predicted octanol–water partition coefficient (Wildman–Crippen LogP) is 4.46. The Kier molecular flexibility index (Phi) is 5.62. The molecular formula is C21H21N5O3S. The van der Waals surface area contributed by atoms with Gasteiger partial charge in [0.15, 0.2) is 10.8 Å². The fraction of sp³-hybridized carbons (Fsp3) is 0.238. The molecule has 0 saturated heterocycles. The van der Waals surface area contributed by atoms with Gasteiger partial charge in [-0.3, -0.25) is 14.8 Å². The van der Waals surface area contributed by atoms with Gasteiger partial charge in [-0.25, -0.2) is 4.98 Å². The van der Waals surface area contributed by atoms with E-state index in [1.165, 1.54) is 11.3 Å². The first-order chi connectivity index (χ1) is 14.5. The summed E-state index contributed by atoms with van der Waals surface area (Å²) in [5.74, 6) is 0.864. The Labute approximate surface area is 177 Å². The first-order valence-corrected chi connectivity index (χ1v) is 10.4. The van der Waals surface area contributed by atoms with Crippen molar-refractivity contribution in [3.8, 4) is 17.0 Å². The average Bonchev–Trinajstić information content (AvgIpc) is 3.47. The van der Waals surface area contributed by atoms with Crippen molar-refractivity contribution in [3.63, 3.8) is 0 Å². The summed E-state index contributed by atoms with van der Waals surface area (Å²) in [5.41, 5.74) is 3.60. The van der Waals surface area contributed by atoms with Gasteiger partial charge in [0, 0.05) is 23.7 Å². The van der Waals surface area contributed by atoms with E-state index in [1.54, 1.807) is 13.1 Å². The summed E-state index contributed by atoms with van der Waals surface area (Å²) < 4.78 is 12.9. The van der Waals surface area contributed by atoms with Crippen molar-refractivity contribution in [2.24, 2.45) is 0 Å². The van der Waals surface area contributed by atoms with Gasteiger partial charge in [0.2, 0.25) is 0 Å². The zero-order valence-electron chi connectivity index (χ0n) is 16.9. The van der Waals surface area contributed by atoms with Crippen molar-refractivity contribution in [2.45, 2.75) is 33.9 Å². The second kappa shape index (κ2) is 8.50. The number of anilines is 1. The summed E-state index contributed by atoms with van der Waals surface area (Å²) >= 11 is 1.34. The highest BCUT2D eigenvalue weighted by atomic mass is 32.1. The lowest BCUT2D eigenvalue weighted by atomic mass is 10.2. The van der Waals surface area contributed by atoms with E-state index in [1.807, 2.05) is 54.4 Å². The molecule has 1 aromatic carbocycles. The molecular weight excluding hydrogens is 402 g/mol. The van der Waals surface area contributed by atoms with Crippen LogP contribution in [0.3, 0.4) is 0 Å². The standard InChI is InChI=1S/C21H21N5O3S/c1-4-26-10-15(9-22-26)18-12-30-21(23-18)24-20(27)19-17(14(3)29-25-19)11-28-16-7-5-13(2)6-8-16/h5-10,12H,4,11H2,1-3H3,(H,23,24,27). The van der Waals surface area contributed by atoms with Crippen molar-refractivity contribution in [1.82, 2.24) is 19.9 Å². The fourth-order valence-electron chi connectivity index (χ4n) is 2.82. The lowest BCUT2D eigenvalue weighted by molar-refractivity contribution is 0.101. The topological polar surface area (TPSA) is 95.1 Å². The number of rotatable bonds is 7. The zero-order chi connectivity index (χ0) is 21.1. The first-order valence-electron chi connectivity index (χ1n) is 9.47. The van der Waals surface area contributed by atoms with Crippen LogP contribution in [0, 0.1) is 13.8 Å². The van der Waals surface area contributed by atoms with Crippen LogP contribution in [-0.4, -0.2) is 25.8 Å². The van der Waals surface area contributed by atoms with Gasteiger partial charge in [0.25, 0.3) is 5.91 Å². The van der Waals surface area contributed by atoms with Crippen molar-refractivity contribution in [1.29, 1.82) is 0 Å². The van der Waals surface area contributed by atoms with Gasteiger partial charge >= 0.3 is 0 Å². The number of aryl methyl sites for hydroxylation is 3. The maximum atomic E-state index is 12.8. The van der Waals surface area contributed by atoms with Crippen LogP contribution in [0.25, 0.3) is 11.3 Å². The predicted molar refractivity (Wildman–Crippen MR) is 114 cm³/mol. The first kappa shape index (κ1) is 19.8. The largest absolute Gasteiger partial charge is 0.489 e. The highest BCUT2D eigenvalue weighted by Crippen LogP contribution is 2.25. The summed E-state index contributed by atoms with van der Waals surface area (Å²) in [6.45, 7) is 6.75. The molecule has 3 heterocycles. The van der Waals surface area contributed by atoms with Crippen molar-refractivity contribution < 1.29 is 14.1 Å². The number of thiazole rings is 1. The third kappa shape index (κ3) is 4.25. The van der Waals surface area contributed by atoms with Gasteiger partial charge in [-0.15, -0.1) is 11.3 Å². The van der Waals surface area contributed by atoms with Gasteiger partial charge in [0.05, 0.1) is 17.5 Å². The Balaban J connectivity index is 1.45. The quantitative estimate of drug-likeness (QED) is 0.471. The minimum absolute atomic E-state index is 0.181. The van der Waals surface area contributed by atoms with Gasteiger partial charge in [-0.1, -0.05) is 22.9 Å². The summed E-state index contributed by atoms with van der Waals surface area (Å²) in [6, 6.07) is 7.70. The average molecular weight is 423 g/mol. The Hall–Kier alpha value is -3.46. The van der Waals surface area contributed by atoms with Crippen molar-refractivity contribution >= 4 is 22.4 Å². The van der Waals surface area contributed by atoms with Crippen LogP contribution in [0.1, 0.15) is 34.3 Å². The summed E-state index contributed by atoms with van der Waals surface area (Å²) in [6.07, 6.45) is 3.67. The van der Waals surface area contributed by atoms with E-state index in [4.69, 9.17) is 9.26 Å². The molecule has 4 aromatic rings. The molecule has 0 fully saturated rings. The molecule has 8 nitrogen and oxygen atoms in total. The number of nitrogens with one attached hydrogen (secondary N) is 1. The molecule has 30 heavy (non-hydrogen) atoms. The number of carbonyl (C=O) groups is 1. The van der Waals surface area contributed by atoms with Crippen molar-refractivity contribution in [3.05, 3.63) is 64.6 Å². The maximum Gasteiger partial charge on any atom is 0.280 e. The highest BCUT2D eigenvalue weighted by Gasteiger charge is 2.21. The molecule has 9 heteroatoms. The minimum Gasteiger partial charge on any atom is -0.489 e. The van der Waals surface area contributed by atoms with Crippen LogP contribution in [-0.2, 0) is 13.2 Å². The van der Waals surface area contributed by atoms with Gasteiger partial charge in [-0.2, -0.15) is 5.10 Å². The smallest absolute Gasteiger partial charge is 0.280 e. The third-order valence-corrected chi connectivity index (χ3v) is 5.34. The van der Waals surface area contributed by atoms with E-state index in [0.29, 0.717) is 22.2 Å². The molecule has 0 aliphatic heterocycles. The number of amides is 1. The van der Waals surface area contributed by atoms with E-state index < -0.39 is 0 Å². The third-order valence-electron chi connectivity index (χ3n) is 4.58. The number of hydrogen-bond donors (Lipinski definition) is 1. The molecule has 0 spiro atoms. The summed E-state index contributed by atoms with van der Waals surface area (Å²) in [5, 5.41) is 13.3. The molecule has 0 unspecified atom stereocenters. The lowest BCUT2D eigenvalue weighted by Gasteiger charge is -2.07. The van der Waals surface area contributed by atoms with Crippen LogP contribution in [0.5, 0.6) is 5.75 Å². The van der Waals surface area contributed by atoms with Crippen LogP contribution in [0.2, 0.25) is 0 Å². The monoisotopic (exact) mass is 423 g/mol. The number of nitrogens with zero attached hydrogens (tertiary/aromatic N) is 4. The number of hydrogen-bond acceptors (Lipinski definition) is 7. The fourth-order valence-corrected chi connectivity index (χ4v) is 3.53. The Bertz CT molecular complexity index is 1160. The number of benzene rings is 1. The van der Waals surface area contributed by atoms with Gasteiger partial charge < -0.3 is 9.26 Å². The minimum atomic E-state index is -0.389. The maximum absolute atomic E-state index is 12.8. The summed E-state index contributed by atoms with van der Waals surface area (Å²) in [4.78, 5) is 17.2. The molecule has 0 saturated carbocycles. The molecule has 1 amide bonds. The van der Waals surface area contributed by atoms with Crippen LogP contribution >= 0.6 is 11.3 Å². The molecule has 0 bridgehead atoms. The SMILES string of the molecule is CCn1cc(-c2csc(NC(=O)c3noc(C)c3COc3ccc(C)cc3)n2)cn1. The van der Waals surface area contributed by atoms with Crippen LogP contribution < -0.4 is 10.1 Å². The zero-order valence-corrected chi connectivity index (χ0v) is 17.7. The Morgan fingerprint density at radius 3 is 2.80 bits per heavy atom. The van der Waals surface area contributed by atoms with Gasteiger partial charge in [-0.05, 0) is 32.9 Å². The van der Waals surface area contributed by atoms with E-state index in [-0.39, 0.29) is 18.2 Å². The number of aromatic nitrogens is 4. The van der Waals surface area contributed by atoms with E-state index in [9.17, 15) is 4.79 Å². The Morgan fingerprint density at radius 2 is 2.07 bits per heavy atom. The molecule has 0 aliphatic carbocycles. The molecule has 0 atom stereocenters. The van der Waals surface area contributed by atoms with Crippen LogP contribution in [0.15, 0.2) is 46.6 Å². The molecule has 1 N–H and O–H groups in total. The number of carbonyl (C=O) groups excluding carboxylic acids is 1. The molecule has 4 rings (SSSR count). The second-order valence-electron chi connectivity index (χ2n) is 6.74. The van der Waals surface area contributed by atoms with Crippen molar-refractivity contribution in [2.75, 3.05) is 5.32 Å². The normalized spacial score (nSPS) is 10.9. The van der Waals surface area contributed by atoms with E-state index in [0.717, 1.165) is 23.4 Å². The van der Waals surface area contributed by atoms with Crippen LogP contribution in [0.4, 0.5) is 5.13 Å². The molecule has 0 aliphatic rings. The number of ether oxygens (including phenoxy) is 1. The molecule has 0 radical (unpaired) electrons. The van der Waals surface area contributed by atoms with E-state index >= 15 is 0 Å². The van der Waals surface area contributed by atoms with Gasteiger partial charge in [0.1, 0.15) is 18.1 Å². The highest BCUT2D eigenvalue weighted by molar-refractivity contribution is 7.14. The second-order valence-corrected chi connectivity index (χ2v) is 7.60. The summed E-state index contributed by atoms with van der Waals surface area (Å²) in [7, 11) is 0. The molecule has 3 aromatic heterocycles. The molecule has 154 valence electrons. The Morgan fingerprint density at radius 1 is 1.27 bits per heavy atom. The lowest BCUT2D eigenvalue weighted by Crippen LogP contribution is -2.15.